The lowest BCUT2D eigenvalue weighted by Gasteiger charge is -2.05. The molecule has 0 atom stereocenters. The Balaban J connectivity index is 1.82. The minimum atomic E-state index is -0.948. The van der Waals surface area contributed by atoms with Crippen LogP contribution in [0.15, 0.2) is 16.9 Å². The standard InChI is InChI=1S/C16H18N4O3S/c1-8(2)4-11-5-10(20-23-11)6-17-14-12-9(3)13(16(21)22)24-15(12)19-7-18-14/h5,7-8H,4,6H2,1-3H3,(H,21,22)(H,17,18,19). The van der Waals surface area contributed by atoms with Crippen LogP contribution in [0.1, 0.15) is 40.5 Å². The van der Waals surface area contributed by atoms with E-state index in [1.54, 1.807) is 6.92 Å². The Hall–Kier alpha value is -2.48. The van der Waals surface area contributed by atoms with Crippen molar-refractivity contribution in [2.75, 3.05) is 5.32 Å². The first kappa shape index (κ1) is 16.4. The predicted octanol–water partition coefficient (Wildman–Crippen LogP) is 3.50. The number of nitrogens with zero attached hydrogens (tertiary/aromatic N) is 3. The van der Waals surface area contributed by atoms with Gasteiger partial charge in [0.25, 0.3) is 0 Å². The number of carboxylic acid groups (broad SMARTS) is 1. The molecule has 0 unspecified atom stereocenters. The number of aryl methyl sites for hydroxylation is 1. The second-order valence-electron chi connectivity index (χ2n) is 6.00. The van der Waals surface area contributed by atoms with Gasteiger partial charge in [0.2, 0.25) is 0 Å². The quantitative estimate of drug-likeness (QED) is 0.704. The van der Waals surface area contributed by atoms with Crippen molar-refractivity contribution < 1.29 is 14.4 Å². The number of carboxylic acids is 1. The van der Waals surface area contributed by atoms with Crippen LogP contribution in [0.2, 0.25) is 0 Å². The second-order valence-corrected chi connectivity index (χ2v) is 7.00. The minimum absolute atomic E-state index is 0.286. The summed E-state index contributed by atoms with van der Waals surface area (Å²) in [6.45, 7) is 6.47. The summed E-state index contributed by atoms with van der Waals surface area (Å²) in [7, 11) is 0. The molecule has 0 bridgehead atoms. The lowest BCUT2D eigenvalue weighted by atomic mass is 10.1. The second kappa shape index (κ2) is 6.56. The van der Waals surface area contributed by atoms with Gasteiger partial charge in [0.05, 0.1) is 11.9 Å². The fraction of sp³-hybridized carbons (Fsp3) is 0.375. The Bertz CT molecular complexity index is 885. The molecule has 0 radical (unpaired) electrons. The first-order valence-corrected chi connectivity index (χ1v) is 8.43. The van der Waals surface area contributed by atoms with Crippen LogP contribution in [0, 0.1) is 12.8 Å². The van der Waals surface area contributed by atoms with Gasteiger partial charge in [0, 0.05) is 12.5 Å². The lowest BCUT2D eigenvalue weighted by molar-refractivity contribution is 0.0701. The SMILES string of the molecule is Cc1c(C(=O)O)sc2ncnc(NCc3cc(CC(C)C)on3)c12. The summed E-state index contributed by atoms with van der Waals surface area (Å²) in [6.07, 6.45) is 2.27. The number of carbonyl (C=O) groups is 1. The molecule has 0 aromatic carbocycles. The predicted molar refractivity (Wildman–Crippen MR) is 91.5 cm³/mol. The summed E-state index contributed by atoms with van der Waals surface area (Å²) in [5.74, 6) is 1.02. The smallest absolute Gasteiger partial charge is 0.346 e. The third-order valence-electron chi connectivity index (χ3n) is 3.58. The Morgan fingerprint density at radius 2 is 2.21 bits per heavy atom. The van der Waals surface area contributed by atoms with Gasteiger partial charge < -0.3 is 14.9 Å². The highest BCUT2D eigenvalue weighted by Gasteiger charge is 2.18. The molecule has 0 amide bonds. The number of nitrogens with one attached hydrogen (secondary N) is 1. The molecule has 0 saturated carbocycles. The number of anilines is 1. The largest absolute Gasteiger partial charge is 0.477 e. The van der Waals surface area contributed by atoms with Crippen LogP contribution in [-0.4, -0.2) is 26.2 Å². The number of aromatic carboxylic acids is 1. The number of hydrogen-bond acceptors (Lipinski definition) is 7. The van der Waals surface area contributed by atoms with E-state index in [-0.39, 0.29) is 4.88 Å². The maximum atomic E-state index is 11.3. The molecule has 0 fully saturated rings. The summed E-state index contributed by atoms with van der Waals surface area (Å²) in [6, 6.07) is 1.93. The van der Waals surface area contributed by atoms with Gasteiger partial charge in [0.15, 0.2) is 0 Å². The summed E-state index contributed by atoms with van der Waals surface area (Å²) in [5, 5.41) is 17.3. The molecule has 3 heterocycles. The zero-order valence-corrected chi connectivity index (χ0v) is 14.5. The van der Waals surface area contributed by atoms with Gasteiger partial charge >= 0.3 is 5.97 Å². The normalized spacial score (nSPS) is 11.3. The van der Waals surface area contributed by atoms with Crippen LogP contribution in [0.4, 0.5) is 5.82 Å². The molecule has 0 saturated heterocycles. The average Bonchev–Trinajstić information content (AvgIpc) is 3.09. The first-order chi connectivity index (χ1) is 11.5. The first-order valence-electron chi connectivity index (χ1n) is 7.61. The van der Waals surface area contributed by atoms with Gasteiger partial charge in [-0.05, 0) is 18.4 Å². The van der Waals surface area contributed by atoms with E-state index in [2.05, 4.69) is 34.3 Å². The van der Waals surface area contributed by atoms with E-state index in [1.165, 1.54) is 6.33 Å². The third kappa shape index (κ3) is 3.23. The Labute approximate surface area is 142 Å². The molecular formula is C16H18N4O3S. The maximum absolute atomic E-state index is 11.3. The van der Waals surface area contributed by atoms with E-state index in [0.29, 0.717) is 28.7 Å². The molecule has 0 aliphatic rings. The van der Waals surface area contributed by atoms with E-state index in [1.807, 2.05) is 6.07 Å². The molecule has 3 aromatic rings. The molecular weight excluding hydrogens is 328 g/mol. The average molecular weight is 346 g/mol. The number of rotatable bonds is 6. The van der Waals surface area contributed by atoms with Crippen LogP contribution in [0.5, 0.6) is 0 Å². The van der Waals surface area contributed by atoms with Crippen molar-refractivity contribution in [2.24, 2.45) is 5.92 Å². The third-order valence-corrected chi connectivity index (χ3v) is 4.76. The van der Waals surface area contributed by atoms with Crippen molar-refractivity contribution in [3.05, 3.63) is 34.3 Å². The van der Waals surface area contributed by atoms with Crippen molar-refractivity contribution in [3.8, 4) is 0 Å². The van der Waals surface area contributed by atoms with Crippen LogP contribution in [0.3, 0.4) is 0 Å². The van der Waals surface area contributed by atoms with E-state index in [4.69, 9.17) is 4.52 Å². The Kier molecular flexibility index (Phi) is 4.48. The van der Waals surface area contributed by atoms with Crippen molar-refractivity contribution in [1.29, 1.82) is 0 Å². The van der Waals surface area contributed by atoms with Crippen LogP contribution in [-0.2, 0) is 13.0 Å². The molecule has 0 aliphatic carbocycles. The molecule has 126 valence electrons. The molecule has 8 heteroatoms. The van der Waals surface area contributed by atoms with E-state index in [0.717, 1.165) is 34.6 Å². The fourth-order valence-electron chi connectivity index (χ4n) is 2.52. The Morgan fingerprint density at radius 3 is 2.92 bits per heavy atom. The van der Waals surface area contributed by atoms with Gasteiger partial charge in [-0.25, -0.2) is 14.8 Å². The molecule has 3 rings (SSSR count). The van der Waals surface area contributed by atoms with Crippen LogP contribution >= 0.6 is 11.3 Å². The molecule has 0 spiro atoms. The zero-order valence-electron chi connectivity index (χ0n) is 13.7. The molecule has 2 N–H and O–H groups in total. The van der Waals surface area contributed by atoms with Crippen molar-refractivity contribution in [3.63, 3.8) is 0 Å². The highest BCUT2D eigenvalue weighted by atomic mass is 32.1. The molecule has 3 aromatic heterocycles. The summed E-state index contributed by atoms with van der Waals surface area (Å²) < 4.78 is 5.31. The summed E-state index contributed by atoms with van der Waals surface area (Å²) >= 11 is 1.15. The van der Waals surface area contributed by atoms with Gasteiger partial charge in [-0.1, -0.05) is 19.0 Å². The minimum Gasteiger partial charge on any atom is -0.477 e. The van der Waals surface area contributed by atoms with Gasteiger partial charge in [-0.15, -0.1) is 11.3 Å². The highest BCUT2D eigenvalue weighted by Crippen LogP contribution is 2.33. The van der Waals surface area contributed by atoms with Gasteiger partial charge in [-0.3, -0.25) is 0 Å². The Morgan fingerprint density at radius 1 is 1.42 bits per heavy atom. The van der Waals surface area contributed by atoms with E-state index in [9.17, 15) is 9.90 Å². The maximum Gasteiger partial charge on any atom is 0.346 e. The van der Waals surface area contributed by atoms with Crippen LogP contribution < -0.4 is 5.32 Å². The lowest BCUT2D eigenvalue weighted by Crippen LogP contribution is -2.03. The fourth-order valence-corrected chi connectivity index (χ4v) is 3.51. The number of hydrogen-bond donors (Lipinski definition) is 2. The zero-order chi connectivity index (χ0) is 17.3. The molecule has 24 heavy (non-hydrogen) atoms. The summed E-state index contributed by atoms with van der Waals surface area (Å²) in [5.41, 5.74) is 1.45. The number of thiophene rings is 1. The van der Waals surface area contributed by atoms with Crippen molar-refractivity contribution in [2.45, 2.75) is 33.7 Å². The topological polar surface area (TPSA) is 101 Å². The van der Waals surface area contributed by atoms with Crippen LogP contribution in [0.25, 0.3) is 10.2 Å². The summed E-state index contributed by atoms with van der Waals surface area (Å²) in [4.78, 5) is 20.6. The number of aromatic nitrogens is 3. The van der Waals surface area contributed by atoms with Gasteiger partial charge in [0.1, 0.15) is 33.3 Å². The molecule has 0 aliphatic heterocycles. The molecule has 7 nitrogen and oxygen atoms in total. The van der Waals surface area contributed by atoms with E-state index < -0.39 is 5.97 Å². The van der Waals surface area contributed by atoms with Crippen molar-refractivity contribution in [1.82, 2.24) is 15.1 Å². The van der Waals surface area contributed by atoms with E-state index >= 15 is 0 Å². The number of fused-ring (bicyclic) bond motifs is 1. The van der Waals surface area contributed by atoms with Gasteiger partial charge in [-0.2, -0.15) is 0 Å². The van der Waals surface area contributed by atoms with Crippen molar-refractivity contribution >= 4 is 33.3 Å². The monoisotopic (exact) mass is 346 g/mol. The highest BCUT2D eigenvalue weighted by molar-refractivity contribution is 7.20.